The first kappa shape index (κ1) is 11.2. The quantitative estimate of drug-likeness (QED) is 0.728. The van der Waals surface area contributed by atoms with E-state index in [-0.39, 0.29) is 0 Å². The third kappa shape index (κ3) is 3.92. The predicted octanol–water partition coefficient (Wildman–Crippen LogP) is 1.98. The fourth-order valence-electron chi connectivity index (χ4n) is 1.53. The topological polar surface area (TPSA) is 40.7 Å². The first-order chi connectivity index (χ1) is 6.72. The van der Waals surface area contributed by atoms with Gasteiger partial charge in [0.15, 0.2) is 0 Å². The summed E-state index contributed by atoms with van der Waals surface area (Å²) in [7, 11) is 2.02. The van der Waals surface area contributed by atoms with E-state index in [0.717, 1.165) is 18.2 Å². The number of imidazole rings is 1. The average molecular weight is 195 g/mol. The molecule has 1 unspecified atom stereocenters. The molecule has 3 heteroatoms. The highest BCUT2D eigenvalue weighted by Gasteiger charge is 2.09. The fourth-order valence-corrected chi connectivity index (χ4v) is 1.53. The molecule has 1 atom stereocenters. The molecule has 0 aliphatic carbocycles. The van der Waals surface area contributed by atoms with E-state index in [4.69, 9.17) is 0 Å². The zero-order chi connectivity index (χ0) is 10.4. The molecule has 2 N–H and O–H groups in total. The molecule has 0 saturated heterocycles. The second-order valence-corrected chi connectivity index (χ2v) is 4.20. The first-order valence-corrected chi connectivity index (χ1v) is 5.38. The van der Waals surface area contributed by atoms with Gasteiger partial charge in [-0.1, -0.05) is 13.8 Å². The molecule has 0 radical (unpaired) electrons. The van der Waals surface area contributed by atoms with Crippen molar-refractivity contribution < 1.29 is 0 Å². The monoisotopic (exact) mass is 195 g/mol. The summed E-state index contributed by atoms with van der Waals surface area (Å²) in [5.74, 6) is 1.86. The Bertz CT molecular complexity index is 229. The number of rotatable bonds is 6. The second kappa shape index (κ2) is 5.81. The first-order valence-electron chi connectivity index (χ1n) is 5.38. The van der Waals surface area contributed by atoms with E-state index in [1.165, 1.54) is 12.8 Å². The Morgan fingerprint density at radius 3 is 2.71 bits per heavy atom. The van der Waals surface area contributed by atoms with Crippen LogP contribution in [0.5, 0.6) is 0 Å². The molecule has 0 amide bonds. The van der Waals surface area contributed by atoms with Crippen LogP contribution in [0.15, 0.2) is 12.4 Å². The van der Waals surface area contributed by atoms with Gasteiger partial charge < -0.3 is 10.3 Å². The standard InChI is InChI=1S/C11H21N3/c1-9(2)4-5-10(12-3)8-11-13-6-7-14-11/h6-7,9-10,12H,4-5,8H2,1-3H3,(H,13,14). The van der Waals surface area contributed by atoms with Gasteiger partial charge in [0.05, 0.1) is 0 Å². The SMILES string of the molecule is CNC(CCC(C)C)Cc1ncc[nH]1. The Balaban J connectivity index is 2.32. The lowest BCUT2D eigenvalue weighted by Gasteiger charge is -2.15. The van der Waals surface area contributed by atoms with Crippen LogP contribution in [-0.2, 0) is 6.42 Å². The molecule has 0 spiro atoms. The van der Waals surface area contributed by atoms with E-state index in [9.17, 15) is 0 Å². The Morgan fingerprint density at radius 1 is 1.43 bits per heavy atom. The van der Waals surface area contributed by atoms with E-state index in [1.54, 1.807) is 0 Å². The van der Waals surface area contributed by atoms with Gasteiger partial charge in [0.1, 0.15) is 5.82 Å². The third-order valence-electron chi connectivity index (χ3n) is 2.50. The van der Waals surface area contributed by atoms with Gasteiger partial charge in [0, 0.05) is 24.9 Å². The van der Waals surface area contributed by atoms with E-state index in [1.807, 2.05) is 19.4 Å². The van der Waals surface area contributed by atoms with E-state index >= 15 is 0 Å². The number of likely N-dealkylation sites (N-methyl/N-ethyl adjacent to an activating group) is 1. The Morgan fingerprint density at radius 2 is 2.21 bits per heavy atom. The van der Waals surface area contributed by atoms with Gasteiger partial charge >= 0.3 is 0 Å². The lowest BCUT2D eigenvalue weighted by atomic mass is 10.0. The number of aromatic amines is 1. The Kier molecular flexibility index (Phi) is 4.66. The van der Waals surface area contributed by atoms with Crippen molar-refractivity contribution in [2.45, 2.75) is 39.2 Å². The lowest BCUT2D eigenvalue weighted by Crippen LogP contribution is -2.28. The van der Waals surface area contributed by atoms with E-state index in [2.05, 4.69) is 29.1 Å². The van der Waals surface area contributed by atoms with Gasteiger partial charge in [-0.3, -0.25) is 0 Å². The molecule has 1 aromatic heterocycles. The maximum absolute atomic E-state index is 4.24. The predicted molar refractivity (Wildman–Crippen MR) is 59.2 cm³/mol. The molecule has 0 saturated carbocycles. The van der Waals surface area contributed by atoms with Gasteiger partial charge in [-0.2, -0.15) is 0 Å². The van der Waals surface area contributed by atoms with Crippen LogP contribution < -0.4 is 5.32 Å². The highest BCUT2D eigenvalue weighted by molar-refractivity contribution is 4.90. The van der Waals surface area contributed by atoms with Gasteiger partial charge in [-0.15, -0.1) is 0 Å². The molecular formula is C11H21N3. The Hall–Kier alpha value is -0.830. The number of hydrogen-bond acceptors (Lipinski definition) is 2. The van der Waals surface area contributed by atoms with Crippen molar-refractivity contribution in [2.75, 3.05) is 7.05 Å². The summed E-state index contributed by atoms with van der Waals surface area (Å²) in [5, 5.41) is 3.34. The molecule has 0 bridgehead atoms. The maximum Gasteiger partial charge on any atom is 0.107 e. The molecule has 80 valence electrons. The molecule has 1 rings (SSSR count). The van der Waals surface area contributed by atoms with Gasteiger partial charge in [0.25, 0.3) is 0 Å². The Labute approximate surface area is 86.3 Å². The third-order valence-corrected chi connectivity index (χ3v) is 2.50. The normalized spacial score (nSPS) is 13.4. The zero-order valence-electron chi connectivity index (χ0n) is 9.38. The van der Waals surface area contributed by atoms with E-state index in [0.29, 0.717) is 6.04 Å². The summed E-state index contributed by atoms with van der Waals surface area (Å²) in [6.45, 7) is 4.53. The van der Waals surface area contributed by atoms with Crippen molar-refractivity contribution in [2.24, 2.45) is 5.92 Å². The van der Waals surface area contributed by atoms with Crippen molar-refractivity contribution in [3.8, 4) is 0 Å². The van der Waals surface area contributed by atoms with Crippen LogP contribution in [0.25, 0.3) is 0 Å². The highest BCUT2D eigenvalue weighted by Crippen LogP contribution is 2.09. The molecule has 14 heavy (non-hydrogen) atoms. The van der Waals surface area contributed by atoms with Gasteiger partial charge in [0.2, 0.25) is 0 Å². The van der Waals surface area contributed by atoms with Crippen molar-refractivity contribution >= 4 is 0 Å². The minimum absolute atomic E-state index is 0.545. The smallest absolute Gasteiger partial charge is 0.107 e. The molecule has 0 fully saturated rings. The van der Waals surface area contributed by atoms with Crippen LogP contribution in [0, 0.1) is 5.92 Å². The largest absolute Gasteiger partial charge is 0.349 e. The summed E-state index contributed by atoms with van der Waals surface area (Å²) < 4.78 is 0. The van der Waals surface area contributed by atoms with Gasteiger partial charge in [-0.25, -0.2) is 4.98 Å². The number of nitrogens with zero attached hydrogens (tertiary/aromatic N) is 1. The van der Waals surface area contributed by atoms with Crippen LogP contribution in [0.4, 0.5) is 0 Å². The minimum Gasteiger partial charge on any atom is -0.349 e. The minimum atomic E-state index is 0.545. The molecule has 1 aromatic rings. The average Bonchev–Trinajstić information content (AvgIpc) is 2.64. The second-order valence-electron chi connectivity index (χ2n) is 4.20. The molecule has 0 aliphatic heterocycles. The molecule has 3 nitrogen and oxygen atoms in total. The van der Waals surface area contributed by atoms with Crippen molar-refractivity contribution in [3.05, 3.63) is 18.2 Å². The van der Waals surface area contributed by atoms with Crippen LogP contribution in [0.3, 0.4) is 0 Å². The lowest BCUT2D eigenvalue weighted by molar-refractivity contribution is 0.446. The van der Waals surface area contributed by atoms with Gasteiger partial charge in [-0.05, 0) is 25.8 Å². The van der Waals surface area contributed by atoms with Crippen molar-refractivity contribution in [1.82, 2.24) is 15.3 Å². The van der Waals surface area contributed by atoms with Crippen LogP contribution in [0.1, 0.15) is 32.5 Å². The highest BCUT2D eigenvalue weighted by atomic mass is 14.9. The molecule has 0 aromatic carbocycles. The number of aromatic nitrogens is 2. The van der Waals surface area contributed by atoms with E-state index < -0.39 is 0 Å². The summed E-state index contributed by atoms with van der Waals surface area (Å²) >= 11 is 0. The number of hydrogen-bond donors (Lipinski definition) is 2. The van der Waals surface area contributed by atoms with Crippen LogP contribution >= 0.6 is 0 Å². The summed E-state index contributed by atoms with van der Waals surface area (Å²) in [4.78, 5) is 7.37. The van der Waals surface area contributed by atoms with Crippen molar-refractivity contribution in [1.29, 1.82) is 0 Å². The van der Waals surface area contributed by atoms with Crippen molar-refractivity contribution in [3.63, 3.8) is 0 Å². The molecular weight excluding hydrogens is 174 g/mol. The van der Waals surface area contributed by atoms with Crippen LogP contribution in [0.2, 0.25) is 0 Å². The fraction of sp³-hybridized carbons (Fsp3) is 0.727. The zero-order valence-corrected chi connectivity index (χ0v) is 9.38. The number of nitrogens with one attached hydrogen (secondary N) is 2. The van der Waals surface area contributed by atoms with Crippen LogP contribution in [-0.4, -0.2) is 23.1 Å². The summed E-state index contributed by atoms with van der Waals surface area (Å²) in [6.07, 6.45) is 7.17. The maximum atomic E-state index is 4.24. The molecule has 1 heterocycles. The summed E-state index contributed by atoms with van der Waals surface area (Å²) in [6, 6.07) is 0.545. The molecule has 0 aliphatic rings. The number of H-pyrrole nitrogens is 1. The summed E-state index contributed by atoms with van der Waals surface area (Å²) in [5.41, 5.74) is 0.